The minimum Gasteiger partial charge on any atom is -0.361 e. The van der Waals surface area contributed by atoms with Crippen molar-refractivity contribution >= 4 is 11.8 Å². The standard InChI is InChI=1S/C19H23N3O3/c1-13-5-7-15(8-6-13)12-20-19(24)17-4-3-9-22(17)18(23)11-16-10-14(2)21-25-16/h5-8,10,17H,3-4,9,11-12H2,1-2H3,(H,20,24). The third-order valence-corrected chi connectivity index (χ3v) is 4.47. The summed E-state index contributed by atoms with van der Waals surface area (Å²) in [4.78, 5) is 26.7. The maximum absolute atomic E-state index is 12.5. The van der Waals surface area contributed by atoms with E-state index in [2.05, 4.69) is 10.5 Å². The van der Waals surface area contributed by atoms with Gasteiger partial charge in [-0.05, 0) is 32.3 Å². The molecular formula is C19H23N3O3. The quantitative estimate of drug-likeness (QED) is 0.904. The summed E-state index contributed by atoms with van der Waals surface area (Å²) in [6, 6.07) is 9.39. The average Bonchev–Trinajstić information content (AvgIpc) is 3.23. The highest BCUT2D eigenvalue weighted by molar-refractivity contribution is 5.88. The lowest BCUT2D eigenvalue weighted by Crippen LogP contribution is -2.46. The molecule has 0 radical (unpaired) electrons. The van der Waals surface area contributed by atoms with Gasteiger partial charge in [0.05, 0.1) is 12.1 Å². The maximum atomic E-state index is 12.5. The molecule has 1 unspecified atom stereocenters. The summed E-state index contributed by atoms with van der Waals surface area (Å²) in [5, 5.41) is 6.74. The number of aryl methyl sites for hydroxylation is 2. The lowest BCUT2D eigenvalue weighted by Gasteiger charge is -2.23. The van der Waals surface area contributed by atoms with E-state index in [1.807, 2.05) is 38.1 Å². The van der Waals surface area contributed by atoms with E-state index >= 15 is 0 Å². The van der Waals surface area contributed by atoms with E-state index in [0.717, 1.165) is 17.7 Å². The van der Waals surface area contributed by atoms with Crippen LogP contribution in [0.25, 0.3) is 0 Å². The van der Waals surface area contributed by atoms with Crippen LogP contribution in [0.3, 0.4) is 0 Å². The van der Waals surface area contributed by atoms with Crippen LogP contribution in [-0.4, -0.2) is 34.5 Å². The molecule has 1 aliphatic heterocycles. The molecule has 1 N–H and O–H groups in total. The Kier molecular flexibility index (Phi) is 5.16. The van der Waals surface area contributed by atoms with Crippen molar-refractivity contribution in [1.29, 1.82) is 0 Å². The second kappa shape index (κ2) is 7.51. The predicted molar refractivity (Wildman–Crippen MR) is 92.7 cm³/mol. The van der Waals surface area contributed by atoms with E-state index in [9.17, 15) is 9.59 Å². The lowest BCUT2D eigenvalue weighted by atomic mass is 10.1. The molecule has 6 nitrogen and oxygen atoms in total. The van der Waals surface area contributed by atoms with Gasteiger partial charge in [-0.3, -0.25) is 9.59 Å². The molecule has 3 rings (SSSR count). The molecule has 1 atom stereocenters. The van der Waals surface area contributed by atoms with Gasteiger partial charge in [-0.25, -0.2) is 0 Å². The molecule has 2 amide bonds. The van der Waals surface area contributed by atoms with Gasteiger partial charge in [-0.1, -0.05) is 35.0 Å². The van der Waals surface area contributed by atoms with Gasteiger partial charge in [-0.15, -0.1) is 0 Å². The van der Waals surface area contributed by atoms with Gasteiger partial charge in [0.1, 0.15) is 11.8 Å². The normalized spacial score (nSPS) is 16.9. The number of hydrogen-bond acceptors (Lipinski definition) is 4. The number of likely N-dealkylation sites (tertiary alicyclic amines) is 1. The van der Waals surface area contributed by atoms with Crippen LogP contribution in [0.1, 0.15) is 35.4 Å². The summed E-state index contributed by atoms with van der Waals surface area (Å²) in [7, 11) is 0. The van der Waals surface area contributed by atoms with Gasteiger partial charge in [0.15, 0.2) is 0 Å². The van der Waals surface area contributed by atoms with Gasteiger partial charge in [0.25, 0.3) is 0 Å². The van der Waals surface area contributed by atoms with Crippen LogP contribution in [0.4, 0.5) is 0 Å². The van der Waals surface area contributed by atoms with Crippen LogP contribution in [0.2, 0.25) is 0 Å². The van der Waals surface area contributed by atoms with E-state index in [-0.39, 0.29) is 18.2 Å². The number of rotatable bonds is 5. The number of nitrogens with zero attached hydrogens (tertiary/aromatic N) is 2. The minimum atomic E-state index is -0.401. The molecule has 0 saturated carbocycles. The Morgan fingerprint density at radius 1 is 1.28 bits per heavy atom. The fraction of sp³-hybridized carbons (Fsp3) is 0.421. The van der Waals surface area contributed by atoms with E-state index in [1.54, 1.807) is 11.0 Å². The van der Waals surface area contributed by atoms with Crippen LogP contribution in [-0.2, 0) is 22.6 Å². The first-order chi connectivity index (χ1) is 12.0. The smallest absolute Gasteiger partial charge is 0.243 e. The summed E-state index contributed by atoms with van der Waals surface area (Å²) in [5.74, 6) is 0.345. The first-order valence-corrected chi connectivity index (χ1v) is 8.58. The molecule has 1 fully saturated rings. The van der Waals surface area contributed by atoms with E-state index in [0.29, 0.717) is 25.3 Å². The van der Waals surface area contributed by atoms with Crippen molar-refractivity contribution in [3.05, 3.63) is 52.9 Å². The van der Waals surface area contributed by atoms with Crippen LogP contribution in [0.5, 0.6) is 0 Å². The number of benzene rings is 1. The highest BCUT2D eigenvalue weighted by Gasteiger charge is 2.34. The third-order valence-electron chi connectivity index (χ3n) is 4.47. The predicted octanol–water partition coefficient (Wildman–Crippen LogP) is 2.14. The third kappa shape index (κ3) is 4.26. The second-order valence-electron chi connectivity index (χ2n) is 6.56. The van der Waals surface area contributed by atoms with Crippen LogP contribution < -0.4 is 5.32 Å². The molecule has 1 aromatic heterocycles. The zero-order valence-electron chi connectivity index (χ0n) is 14.6. The fourth-order valence-corrected chi connectivity index (χ4v) is 3.10. The van der Waals surface area contributed by atoms with Crippen molar-refractivity contribution in [3.63, 3.8) is 0 Å². The molecule has 2 aromatic rings. The number of carbonyl (C=O) groups excluding carboxylic acids is 2. The SMILES string of the molecule is Cc1ccc(CNC(=O)C2CCCN2C(=O)Cc2cc(C)no2)cc1. The van der Waals surface area contributed by atoms with Gasteiger partial charge in [0.2, 0.25) is 11.8 Å². The molecule has 6 heteroatoms. The molecule has 132 valence electrons. The number of amides is 2. The van der Waals surface area contributed by atoms with Crippen molar-refractivity contribution in [2.45, 2.75) is 45.7 Å². The minimum absolute atomic E-state index is 0.0934. The van der Waals surface area contributed by atoms with Crippen LogP contribution >= 0.6 is 0 Å². The Morgan fingerprint density at radius 3 is 2.72 bits per heavy atom. The van der Waals surface area contributed by atoms with Crippen LogP contribution in [0.15, 0.2) is 34.9 Å². The van der Waals surface area contributed by atoms with Gasteiger partial charge >= 0.3 is 0 Å². The fourth-order valence-electron chi connectivity index (χ4n) is 3.10. The molecule has 1 aromatic carbocycles. The van der Waals surface area contributed by atoms with Crippen molar-refractivity contribution in [2.24, 2.45) is 0 Å². The number of carbonyl (C=O) groups is 2. The zero-order valence-corrected chi connectivity index (χ0v) is 14.6. The zero-order chi connectivity index (χ0) is 17.8. The first kappa shape index (κ1) is 17.2. The van der Waals surface area contributed by atoms with Crippen molar-refractivity contribution in [2.75, 3.05) is 6.54 Å². The summed E-state index contributed by atoms with van der Waals surface area (Å²) >= 11 is 0. The molecule has 0 bridgehead atoms. The van der Waals surface area contributed by atoms with Gasteiger partial charge < -0.3 is 14.7 Å². The van der Waals surface area contributed by atoms with Gasteiger partial charge in [0, 0.05) is 19.2 Å². The maximum Gasteiger partial charge on any atom is 0.243 e. The second-order valence-corrected chi connectivity index (χ2v) is 6.56. The Hall–Kier alpha value is -2.63. The van der Waals surface area contributed by atoms with Gasteiger partial charge in [-0.2, -0.15) is 0 Å². The first-order valence-electron chi connectivity index (χ1n) is 8.58. The summed E-state index contributed by atoms with van der Waals surface area (Å²) in [5.41, 5.74) is 2.98. The lowest BCUT2D eigenvalue weighted by molar-refractivity contribution is -0.138. The summed E-state index contributed by atoms with van der Waals surface area (Å²) in [6.07, 6.45) is 1.67. The highest BCUT2D eigenvalue weighted by atomic mass is 16.5. The van der Waals surface area contributed by atoms with Crippen molar-refractivity contribution < 1.29 is 14.1 Å². The summed E-state index contributed by atoms with van der Waals surface area (Å²) < 4.78 is 5.11. The monoisotopic (exact) mass is 341 g/mol. The Balaban J connectivity index is 1.57. The van der Waals surface area contributed by atoms with E-state index in [1.165, 1.54) is 5.56 Å². The molecule has 2 heterocycles. The van der Waals surface area contributed by atoms with Crippen LogP contribution in [0, 0.1) is 13.8 Å². The van der Waals surface area contributed by atoms with E-state index in [4.69, 9.17) is 4.52 Å². The summed E-state index contributed by atoms with van der Waals surface area (Å²) in [6.45, 7) is 4.92. The average molecular weight is 341 g/mol. The number of hydrogen-bond donors (Lipinski definition) is 1. The number of aromatic nitrogens is 1. The molecule has 1 saturated heterocycles. The molecule has 1 aliphatic rings. The Morgan fingerprint density at radius 2 is 2.04 bits per heavy atom. The van der Waals surface area contributed by atoms with Crippen molar-refractivity contribution in [3.8, 4) is 0 Å². The molecule has 0 aliphatic carbocycles. The van der Waals surface area contributed by atoms with Crippen molar-refractivity contribution in [1.82, 2.24) is 15.4 Å². The Bertz CT molecular complexity index is 752. The largest absolute Gasteiger partial charge is 0.361 e. The number of nitrogens with one attached hydrogen (secondary N) is 1. The topological polar surface area (TPSA) is 75.4 Å². The molecular weight excluding hydrogens is 318 g/mol. The van der Waals surface area contributed by atoms with E-state index < -0.39 is 6.04 Å². The molecule has 25 heavy (non-hydrogen) atoms. The Labute approximate surface area is 147 Å². The molecule has 0 spiro atoms. The highest BCUT2D eigenvalue weighted by Crippen LogP contribution is 2.19.